The van der Waals surface area contributed by atoms with Gasteiger partial charge >= 0.3 is 0 Å². The van der Waals surface area contributed by atoms with Crippen LogP contribution >= 0.6 is 0 Å². The number of amides is 1. The Labute approximate surface area is 175 Å². The monoisotopic (exact) mass is 411 g/mol. The van der Waals surface area contributed by atoms with Crippen LogP contribution in [0.5, 0.6) is 0 Å². The van der Waals surface area contributed by atoms with Gasteiger partial charge in [0.05, 0.1) is 5.52 Å². The summed E-state index contributed by atoms with van der Waals surface area (Å²) < 4.78 is 28.4. The summed E-state index contributed by atoms with van der Waals surface area (Å²) in [4.78, 5) is 18.0. The fraction of sp³-hybridized carbons (Fsp3) is 0.375. The molecule has 2 aromatic carbocycles. The number of halogens is 2. The fourth-order valence-corrected chi connectivity index (χ4v) is 4.49. The van der Waals surface area contributed by atoms with Gasteiger partial charge in [-0.25, -0.2) is 8.78 Å². The van der Waals surface area contributed by atoms with Gasteiger partial charge in [0.25, 0.3) is 5.91 Å². The number of benzene rings is 2. The first-order valence-corrected chi connectivity index (χ1v) is 10.4. The number of H-pyrrole nitrogens is 1. The van der Waals surface area contributed by atoms with Gasteiger partial charge in [0.1, 0.15) is 17.3 Å². The van der Waals surface area contributed by atoms with E-state index in [0.29, 0.717) is 22.6 Å². The average molecular weight is 411 g/mol. The molecule has 0 radical (unpaired) electrons. The van der Waals surface area contributed by atoms with Crippen LogP contribution in [0.25, 0.3) is 10.9 Å². The van der Waals surface area contributed by atoms with E-state index in [1.54, 1.807) is 12.1 Å². The lowest BCUT2D eigenvalue weighted by atomic mass is 9.81. The Morgan fingerprint density at radius 3 is 2.47 bits per heavy atom. The van der Waals surface area contributed by atoms with Crippen LogP contribution < -0.4 is 5.32 Å². The average Bonchev–Trinajstić information content (AvgIpc) is 3.17. The van der Waals surface area contributed by atoms with Crippen LogP contribution in [0, 0.1) is 18.6 Å². The van der Waals surface area contributed by atoms with Crippen molar-refractivity contribution in [1.29, 1.82) is 0 Å². The van der Waals surface area contributed by atoms with Gasteiger partial charge in [-0.2, -0.15) is 0 Å². The van der Waals surface area contributed by atoms with Crippen molar-refractivity contribution in [1.82, 2.24) is 9.88 Å². The van der Waals surface area contributed by atoms with Crippen LogP contribution in [-0.2, 0) is 0 Å². The number of fused-ring (bicyclic) bond motifs is 1. The molecule has 1 heterocycles. The molecule has 0 spiro atoms. The molecule has 0 bridgehead atoms. The molecule has 0 saturated heterocycles. The van der Waals surface area contributed by atoms with Crippen molar-refractivity contribution in [3.63, 3.8) is 0 Å². The van der Waals surface area contributed by atoms with E-state index in [4.69, 9.17) is 0 Å². The van der Waals surface area contributed by atoms with Gasteiger partial charge in [0.2, 0.25) is 0 Å². The highest BCUT2D eigenvalue weighted by Crippen LogP contribution is 2.35. The highest BCUT2D eigenvalue weighted by Gasteiger charge is 2.24. The Kier molecular flexibility index (Phi) is 5.60. The molecule has 1 aromatic heterocycles. The molecule has 1 aliphatic rings. The molecule has 3 aromatic rings. The molecule has 1 amide bonds. The smallest absolute Gasteiger partial charge is 0.272 e. The Bertz CT molecular complexity index is 1040. The summed E-state index contributed by atoms with van der Waals surface area (Å²) in [5.74, 6) is -0.876. The molecule has 0 atom stereocenters. The number of aryl methyl sites for hydroxylation is 1. The second-order valence-electron chi connectivity index (χ2n) is 8.53. The summed E-state index contributed by atoms with van der Waals surface area (Å²) in [6.45, 7) is 1.85. The molecule has 0 unspecified atom stereocenters. The minimum atomic E-state index is -0.419. The SMILES string of the molecule is Cc1ccc(F)c2cc(C(=O)Nc3cc(F)cc([C@H]4CC[C@H](N(C)C)CC4)c3)[nH]c12. The van der Waals surface area contributed by atoms with Crippen molar-refractivity contribution in [2.24, 2.45) is 0 Å². The first-order chi connectivity index (χ1) is 14.3. The van der Waals surface area contributed by atoms with E-state index in [-0.39, 0.29) is 23.2 Å². The zero-order valence-electron chi connectivity index (χ0n) is 17.6. The van der Waals surface area contributed by atoms with Crippen molar-refractivity contribution < 1.29 is 13.6 Å². The standard InChI is InChI=1S/C24H27F2N3O/c1-14-4-9-21(26)20-13-22(28-23(14)20)24(30)27-18-11-16(10-17(25)12-18)15-5-7-19(8-6-15)29(2)3/h4,9-13,15,19,28H,5-8H2,1-3H3,(H,27,30)/t15-,19-. The molecule has 2 N–H and O–H groups in total. The van der Waals surface area contributed by atoms with Gasteiger partial charge in [-0.1, -0.05) is 6.07 Å². The number of nitrogens with zero attached hydrogens (tertiary/aromatic N) is 1. The van der Waals surface area contributed by atoms with E-state index in [2.05, 4.69) is 29.3 Å². The van der Waals surface area contributed by atoms with Gasteiger partial charge in [-0.05, 0) is 94.1 Å². The first-order valence-electron chi connectivity index (χ1n) is 10.4. The molecule has 158 valence electrons. The van der Waals surface area contributed by atoms with Crippen molar-refractivity contribution in [2.75, 3.05) is 19.4 Å². The summed E-state index contributed by atoms with van der Waals surface area (Å²) in [5.41, 5.74) is 3.03. The summed E-state index contributed by atoms with van der Waals surface area (Å²) in [7, 11) is 4.19. The van der Waals surface area contributed by atoms with Gasteiger partial charge in [0, 0.05) is 17.1 Å². The lowest BCUT2D eigenvalue weighted by Crippen LogP contribution is -2.31. The normalized spacial score (nSPS) is 19.4. The minimum Gasteiger partial charge on any atom is -0.350 e. The molecule has 4 rings (SSSR count). The molecule has 0 aliphatic heterocycles. The molecule has 4 nitrogen and oxygen atoms in total. The van der Waals surface area contributed by atoms with Crippen LogP contribution in [0.15, 0.2) is 36.4 Å². The van der Waals surface area contributed by atoms with Crippen LogP contribution in [0.2, 0.25) is 0 Å². The van der Waals surface area contributed by atoms with E-state index in [1.165, 1.54) is 18.2 Å². The lowest BCUT2D eigenvalue weighted by Gasteiger charge is -2.33. The van der Waals surface area contributed by atoms with Crippen LogP contribution in [0.3, 0.4) is 0 Å². The summed E-state index contributed by atoms with van der Waals surface area (Å²) >= 11 is 0. The maximum absolute atomic E-state index is 14.3. The number of anilines is 1. The van der Waals surface area contributed by atoms with Crippen molar-refractivity contribution in [2.45, 2.75) is 44.6 Å². The number of hydrogen-bond acceptors (Lipinski definition) is 2. The number of aromatic amines is 1. The molecule has 1 aliphatic carbocycles. The Morgan fingerprint density at radius 1 is 1.07 bits per heavy atom. The fourth-order valence-electron chi connectivity index (χ4n) is 4.49. The zero-order valence-corrected chi connectivity index (χ0v) is 17.6. The van der Waals surface area contributed by atoms with Gasteiger partial charge < -0.3 is 15.2 Å². The van der Waals surface area contributed by atoms with Crippen molar-refractivity contribution >= 4 is 22.5 Å². The van der Waals surface area contributed by atoms with Gasteiger partial charge in [-0.3, -0.25) is 4.79 Å². The minimum absolute atomic E-state index is 0.246. The number of hydrogen-bond donors (Lipinski definition) is 2. The van der Waals surface area contributed by atoms with Crippen LogP contribution in [0.4, 0.5) is 14.5 Å². The van der Waals surface area contributed by atoms with E-state index in [1.807, 2.05) is 13.0 Å². The number of nitrogens with one attached hydrogen (secondary N) is 2. The van der Waals surface area contributed by atoms with E-state index in [9.17, 15) is 13.6 Å². The van der Waals surface area contributed by atoms with E-state index >= 15 is 0 Å². The highest BCUT2D eigenvalue weighted by molar-refractivity contribution is 6.06. The predicted molar refractivity (Wildman–Crippen MR) is 116 cm³/mol. The van der Waals surface area contributed by atoms with Crippen LogP contribution in [-0.4, -0.2) is 35.9 Å². The number of carbonyl (C=O) groups is 1. The Morgan fingerprint density at radius 2 is 1.80 bits per heavy atom. The van der Waals surface area contributed by atoms with E-state index < -0.39 is 5.91 Å². The lowest BCUT2D eigenvalue weighted by molar-refractivity contribution is 0.102. The maximum Gasteiger partial charge on any atom is 0.272 e. The van der Waals surface area contributed by atoms with E-state index in [0.717, 1.165) is 36.8 Å². The quantitative estimate of drug-likeness (QED) is 0.588. The third-order valence-electron chi connectivity index (χ3n) is 6.27. The summed E-state index contributed by atoms with van der Waals surface area (Å²) in [6, 6.07) is 9.86. The summed E-state index contributed by atoms with van der Waals surface area (Å²) in [6.07, 6.45) is 4.16. The third kappa shape index (κ3) is 4.10. The highest BCUT2D eigenvalue weighted by atomic mass is 19.1. The first kappa shape index (κ1) is 20.5. The second kappa shape index (κ2) is 8.19. The molecular formula is C24H27F2N3O. The number of carbonyl (C=O) groups excluding carboxylic acids is 1. The number of rotatable bonds is 4. The maximum atomic E-state index is 14.3. The van der Waals surface area contributed by atoms with Crippen LogP contribution in [0.1, 0.15) is 53.2 Å². The Hall–Kier alpha value is -2.73. The third-order valence-corrected chi connectivity index (χ3v) is 6.27. The van der Waals surface area contributed by atoms with Gasteiger partial charge in [0.15, 0.2) is 0 Å². The molecule has 30 heavy (non-hydrogen) atoms. The summed E-state index contributed by atoms with van der Waals surface area (Å²) in [5, 5.41) is 3.14. The predicted octanol–water partition coefficient (Wildman–Crippen LogP) is 5.59. The zero-order chi connectivity index (χ0) is 21.4. The van der Waals surface area contributed by atoms with Gasteiger partial charge in [-0.15, -0.1) is 0 Å². The molecule has 1 saturated carbocycles. The Balaban J connectivity index is 1.53. The largest absolute Gasteiger partial charge is 0.350 e. The topological polar surface area (TPSA) is 48.1 Å². The number of aromatic nitrogens is 1. The second-order valence-corrected chi connectivity index (χ2v) is 8.53. The molecule has 1 fully saturated rings. The molecular weight excluding hydrogens is 384 g/mol. The van der Waals surface area contributed by atoms with Crippen molar-refractivity contribution in [3.8, 4) is 0 Å². The van der Waals surface area contributed by atoms with Crippen molar-refractivity contribution in [3.05, 3.63) is 64.9 Å². The molecule has 6 heteroatoms.